The molecule has 1 rings (SSSR count). The van der Waals surface area contributed by atoms with Crippen molar-refractivity contribution in [1.29, 1.82) is 0 Å². The second-order valence-corrected chi connectivity index (χ2v) is 3.97. The van der Waals surface area contributed by atoms with Gasteiger partial charge in [-0.1, -0.05) is 0 Å². The van der Waals surface area contributed by atoms with Crippen LogP contribution in [0.15, 0.2) is 0 Å². The Kier molecular flexibility index (Phi) is 5.24. The van der Waals surface area contributed by atoms with Gasteiger partial charge in [0.1, 0.15) is 6.04 Å². The zero-order chi connectivity index (χ0) is 14.4. The maximum Gasteiger partial charge on any atom is 0.328 e. The molecular formula is C10H18N6O3. The number of esters is 1. The zero-order valence-electron chi connectivity index (χ0n) is 11.3. The van der Waals surface area contributed by atoms with E-state index >= 15 is 0 Å². The Morgan fingerprint density at radius 1 is 1.21 bits per heavy atom. The topological polar surface area (TPSA) is 124 Å². The van der Waals surface area contributed by atoms with Gasteiger partial charge in [0.15, 0.2) is 0 Å². The van der Waals surface area contributed by atoms with Crippen LogP contribution >= 0.6 is 0 Å². The van der Waals surface area contributed by atoms with Crippen molar-refractivity contribution in [3.8, 4) is 6.01 Å². The summed E-state index contributed by atoms with van der Waals surface area (Å²) >= 11 is 0. The van der Waals surface area contributed by atoms with Gasteiger partial charge in [-0.2, -0.15) is 15.0 Å². The summed E-state index contributed by atoms with van der Waals surface area (Å²) in [4.78, 5) is 23.2. The Balaban J connectivity index is 2.90. The number of hydrazine groups is 1. The van der Waals surface area contributed by atoms with Crippen molar-refractivity contribution in [2.45, 2.75) is 32.9 Å². The number of nitrogens with zero attached hydrogens (tertiary/aromatic N) is 3. The van der Waals surface area contributed by atoms with Crippen molar-refractivity contribution in [3.63, 3.8) is 0 Å². The number of rotatable bonds is 6. The number of anilines is 2. The van der Waals surface area contributed by atoms with E-state index in [2.05, 4.69) is 30.4 Å². The normalized spacial score (nSPS) is 11.9. The molecular weight excluding hydrogens is 252 g/mol. The van der Waals surface area contributed by atoms with E-state index in [1.54, 1.807) is 6.92 Å². The van der Waals surface area contributed by atoms with Gasteiger partial charge in [0.05, 0.1) is 13.2 Å². The molecule has 1 unspecified atom stereocenters. The summed E-state index contributed by atoms with van der Waals surface area (Å²) in [6.45, 7) is 5.29. The monoisotopic (exact) mass is 270 g/mol. The van der Waals surface area contributed by atoms with E-state index in [0.717, 1.165) is 0 Å². The molecule has 1 aromatic heterocycles. The standard InChI is InChI=1S/C10H18N6O3/c1-5(2)19-10-14-8(13-9(15-10)16-11)12-6(3)7(17)18-4/h5-6H,11H2,1-4H3,(H2,12,13,14,15,16). The second kappa shape index (κ2) is 6.69. The molecule has 0 aliphatic rings. The van der Waals surface area contributed by atoms with E-state index in [-0.39, 0.29) is 24.0 Å². The van der Waals surface area contributed by atoms with Gasteiger partial charge >= 0.3 is 12.0 Å². The summed E-state index contributed by atoms with van der Waals surface area (Å²) in [7, 11) is 1.30. The fraction of sp³-hybridized carbons (Fsp3) is 0.600. The molecule has 0 radical (unpaired) electrons. The van der Waals surface area contributed by atoms with E-state index < -0.39 is 12.0 Å². The first-order chi connectivity index (χ1) is 8.96. The largest absolute Gasteiger partial charge is 0.467 e. The van der Waals surface area contributed by atoms with Crippen LogP contribution in [0.3, 0.4) is 0 Å². The Bertz CT molecular complexity index is 439. The Morgan fingerprint density at radius 3 is 2.37 bits per heavy atom. The van der Waals surface area contributed by atoms with Crippen molar-refractivity contribution in [2.24, 2.45) is 5.84 Å². The molecule has 1 heterocycles. The quantitative estimate of drug-likeness (QED) is 0.369. The number of methoxy groups -OCH3 is 1. The lowest BCUT2D eigenvalue weighted by atomic mass is 10.3. The average molecular weight is 270 g/mol. The SMILES string of the molecule is COC(=O)C(C)Nc1nc(NN)nc(OC(C)C)n1. The van der Waals surface area contributed by atoms with Gasteiger partial charge in [-0.15, -0.1) is 0 Å². The molecule has 0 bridgehead atoms. The number of carbonyl (C=O) groups excluding carboxylic acids is 1. The lowest BCUT2D eigenvalue weighted by Gasteiger charge is -2.13. The van der Waals surface area contributed by atoms with E-state index in [0.29, 0.717) is 0 Å². The van der Waals surface area contributed by atoms with E-state index in [1.165, 1.54) is 7.11 Å². The Labute approximate surface area is 110 Å². The number of hydrogen-bond donors (Lipinski definition) is 3. The van der Waals surface area contributed by atoms with E-state index in [1.807, 2.05) is 13.8 Å². The highest BCUT2D eigenvalue weighted by Crippen LogP contribution is 2.12. The van der Waals surface area contributed by atoms with Crippen molar-refractivity contribution < 1.29 is 14.3 Å². The summed E-state index contributed by atoms with van der Waals surface area (Å²) in [5, 5.41) is 2.77. The third-order valence-corrected chi connectivity index (χ3v) is 1.99. The lowest BCUT2D eigenvalue weighted by molar-refractivity contribution is -0.141. The molecule has 0 saturated heterocycles. The molecule has 0 aliphatic carbocycles. The number of aromatic nitrogens is 3. The van der Waals surface area contributed by atoms with Crippen molar-refractivity contribution in [2.75, 3.05) is 17.9 Å². The van der Waals surface area contributed by atoms with Crippen LogP contribution in [0.5, 0.6) is 6.01 Å². The molecule has 0 aliphatic heterocycles. The maximum absolute atomic E-state index is 11.3. The predicted octanol–water partition coefficient (Wildman–Crippen LogP) is -0.0822. The van der Waals surface area contributed by atoms with Crippen LogP contribution in [0, 0.1) is 0 Å². The van der Waals surface area contributed by atoms with Gasteiger partial charge in [0, 0.05) is 0 Å². The highest BCUT2D eigenvalue weighted by molar-refractivity contribution is 5.77. The predicted molar refractivity (Wildman–Crippen MR) is 68.5 cm³/mol. The van der Waals surface area contributed by atoms with E-state index in [9.17, 15) is 4.79 Å². The fourth-order valence-corrected chi connectivity index (χ4v) is 1.18. The summed E-state index contributed by atoms with van der Waals surface area (Å²) < 4.78 is 9.94. The highest BCUT2D eigenvalue weighted by Gasteiger charge is 2.16. The zero-order valence-corrected chi connectivity index (χ0v) is 11.3. The molecule has 9 nitrogen and oxygen atoms in total. The number of ether oxygens (including phenoxy) is 2. The van der Waals surface area contributed by atoms with Gasteiger partial charge in [-0.05, 0) is 20.8 Å². The lowest BCUT2D eigenvalue weighted by Crippen LogP contribution is -2.28. The van der Waals surface area contributed by atoms with Gasteiger partial charge < -0.3 is 14.8 Å². The minimum atomic E-state index is -0.607. The Hall–Kier alpha value is -2.16. The first kappa shape index (κ1) is 14.9. The molecule has 0 amide bonds. The van der Waals surface area contributed by atoms with Crippen LogP contribution < -0.4 is 21.3 Å². The minimum Gasteiger partial charge on any atom is -0.467 e. The number of hydrogen-bond acceptors (Lipinski definition) is 9. The van der Waals surface area contributed by atoms with Crippen LogP contribution in [0.4, 0.5) is 11.9 Å². The molecule has 1 aromatic rings. The fourth-order valence-electron chi connectivity index (χ4n) is 1.18. The minimum absolute atomic E-state index is 0.0982. The van der Waals surface area contributed by atoms with Gasteiger partial charge in [-0.3, -0.25) is 5.43 Å². The summed E-state index contributed by atoms with van der Waals surface area (Å²) in [6, 6.07) is -0.498. The van der Waals surface area contributed by atoms with Crippen molar-refractivity contribution >= 4 is 17.9 Å². The summed E-state index contributed by atoms with van der Waals surface area (Å²) in [5.74, 6) is 5.11. The molecule has 0 spiro atoms. The summed E-state index contributed by atoms with van der Waals surface area (Å²) in [5.41, 5.74) is 2.30. The maximum atomic E-state index is 11.3. The molecule has 0 fully saturated rings. The highest BCUT2D eigenvalue weighted by atomic mass is 16.5. The molecule has 1 atom stereocenters. The van der Waals surface area contributed by atoms with Crippen LogP contribution in [0.25, 0.3) is 0 Å². The molecule has 106 valence electrons. The van der Waals surface area contributed by atoms with Crippen LogP contribution in [0.1, 0.15) is 20.8 Å². The van der Waals surface area contributed by atoms with E-state index in [4.69, 9.17) is 10.6 Å². The van der Waals surface area contributed by atoms with Crippen LogP contribution in [-0.4, -0.2) is 40.2 Å². The number of nitrogen functional groups attached to an aromatic ring is 1. The molecule has 9 heteroatoms. The van der Waals surface area contributed by atoms with Gasteiger partial charge in [-0.25, -0.2) is 10.6 Å². The smallest absolute Gasteiger partial charge is 0.328 e. The molecule has 19 heavy (non-hydrogen) atoms. The first-order valence-corrected chi connectivity index (χ1v) is 5.70. The Morgan fingerprint density at radius 2 is 1.84 bits per heavy atom. The van der Waals surface area contributed by atoms with Crippen LogP contribution in [0.2, 0.25) is 0 Å². The second-order valence-electron chi connectivity index (χ2n) is 3.97. The van der Waals surface area contributed by atoms with Gasteiger partial charge in [0.2, 0.25) is 11.9 Å². The number of nitrogens with two attached hydrogens (primary N) is 1. The molecule has 0 aromatic carbocycles. The number of nitrogens with one attached hydrogen (secondary N) is 2. The van der Waals surface area contributed by atoms with Crippen molar-refractivity contribution in [3.05, 3.63) is 0 Å². The van der Waals surface area contributed by atoms with Crippen molar-refractivity contribution in [1.82, 2.24) is 15.0 Å². The molecule has 4 N–H and O–H groups in total. The number of carbonyl (C=O) groups is 1. The third-order valence-electron chi connectivity index (χ3n) is 1.99. The summed E-state index contributed by atoms with van der Waals surface area (Å²) in [6.07, 6.45) is -0.0982. The first-order valence-electron chi connectivity index (χ1n) is 5.70. The molecule has 0 saturated carbocycles. The van der Waals surface area contributed by atoms with Gasteiger partial charge in [0.25, 0.3) is 0 Å². The van der Waals surface area contributed by atoms with Crippen LogP contribution in [-0.2, 0) is 9.53 Å². The third kappa shape index (κ3) is 4.54. The average Bonchev–Trinajstić information content (AvgIpc) is 2.36.